The van der Waals surface area contributed by atoms with Gasteiger partial charge in [0.15, 0.2) is 0 Å². The molecule has 0 fully saturated rings. The summed E-state index contributed by atoms with van der Waals surface area (Å²) in [6, 6.07) is 13.8. The first-order valence-corrected chi connectivity index (χ1v) is 8.03. The van der Waals surface area contributed by atoms with Gasteiger partial charge in [-0.15, -0.1) is 0 Å². The number of para-hydroxylation sites is 1. The molecule has 0 radical (unpaired) electrons. The van der Waals surface area contributed by atoms with Crippen LogP contribution in [-0.4, -0.2) is 34.3 Å². The Labute approximate surface area is 139 Å². The summed E-state index contributed by atoms with van der Waals surface area (Å²) in [7, 11) is 1.82. The van der Waals surface area contributed by atoms with Gasteiger partial charge in [-0.05, 0) is 36.6 Å². The summed E-state index contributed by atoms with van der Waals surface area (Å²) in [6.07, 6.45) is 3.54. The molecule has 0 saturated heterocycles. The van der Waals surface area contributed by atoms with Crippen molar-refractivity contribution in [3.8, 4) is 0 Å². The number of carbonyl (C=O) groups excluding carboxylic acids is 1. The number of rotatable bonds is 2. The first-order chi connectivity index (χ1) is 11.7. The van der Waals surface area contributed by atoms with Crippen LogP contribution in [0.4, 0.5) is 16.2 Å². The smallest absolute Gasteiger partial charge is 0.323 e. The number of fused-ring (bicyclic) bond motifs is 2. The lowest BCUT2D eigenvalue weighted by atomic mass is 10.0. The number of aromatic amines is 1. The maximum absolute atomic E-state index is 12.6. The van der Waals surface area contributed by atoms with Gasteiger partial charge in [0.2, 0.25) is 0 Å². The summed E-state index contributed by atoms with van der Waals surface area (Å²) in [5, 5.41) is 14.3. The standard InChI is InChI=1S/C18H19N5O/c1-23(17-10-9-12-5-2-3-6-14(12)20-17)18(24)21-15-7-4-8-16-13(15)11-19-22-16/h2-8,11,17,20H,9-10H2,1H3,(H,19,22)(H,21,24). The highest BCUT2D eigenvalue weighted by molar-refractivity contribution is 6.00. The molecule has 6 heteroatoms. The molecule has 0 spiro atoms. The zero-order valence-corrected chi connectivity index (χ0v) is 13.4. The van der Waals surface area contributed by atoms with Crippen LogP contribution < -0.4 is 10.6 Å². The predicted octanol–water partition coefficient (Wildman–Crippen LogP) is 3.41. The lowest BCUT2D eigenvalue weighted by Gasteiger charge is -2.34. The van der Waals surface area contributed by atoms with E-state index >= 15 is 0 Å². The molecule has 122 valence electrons. The maximum atomic E-state index is 12.6. The molecule has 1 atom stereocenters. The second-order valence-electron chi connectivity index (χ2n) is 6.03. The number of aryl methyl sites for hydroxylation is 1. The van der Waals surface area contributed by atoms with Gasteiger partial charge in [0.25, 0.3) is 0 Å². The van der Waals surface area contributed by atoms with Gasteiger partial charge in [-0.25, -0.2) is 4.79 Å². The molecule has 1 aliphatic rings. The third kappa shape index (κ3) is 2.56. The van der Waals surface area contributed by atoms with Crippen molar-refractivity contribution in [2.45, 2.75) is 19.0 Å². The third-order valence-corrected chi connectivity index (χ3v) is 4.54. The molecule has 3 aromatic rings. The van der Waals surface area contributed by atoms with E-state index in [1.807, 2.05) is 37.4 Å². The van der Waals surface area contributed by atoms with Crippen LogP contribution in [0.15, 0.2) is 48.7 Å². The number of amides is 2. The summed E-state index contributed by atoms with van der Waals surface area (Å²) in [6.45, 7) is 0. The molecule has 24 heavy (non-hydrogen) atoms. The molecule has 1 aromatic heterocycles. The van der Waals surface area contributed by atoms with Crippen molar-refractivity contribution < 1.29 is 4.79 Å². The zero-order valence-electron chi connectivity index (χ0n) is 13.4. The molecule has 1 unspecified atom stereocenters. The van der Waals surface area contributed by atoms with Crippen molar-refractivity contribution in [3.05, 3.63) is 54.2 Å². The fourth-order valence-corrected chi connectivity index (χ4v) is 3.14. The molecule has 0 saturated carbocycles. The van der Waals surface area contributed by atoms with Crippen LogP contribution in [0.5, 0.6) is 0 Å². The molecular weight excluding hydrogens is 302 g/mol. The highest BCUT2D eigenvalue weighted by atomic mass is 16.2. The highest BCUT2D eigenvalue weighted by Crippen LogP contribution is 2.26. The van der Waals surface area contributed by atoms with Crippen molar-refractivity contribution in [1.29, 1.82) is 0 Å². The molecule has 4 rings (SSSR count). The molecule has 2 aromatic carbocycles. The SMILES string of the molecule is CN(C(=O)Nc1cccc2[nH]ncc12)C1CCc2ccccc2N1. The van der Waals surface area contributed by atoms with Crippen molar-refractivity contribution in [1.82, 2.24) is 15.1 Å². The van der Waals surface area contributed by atoms with Gasteiger partial charge in [-0.1, -0.05) is 24.3 Å². The fraction of sp³-hybridized carbons (Fsp3) is 0.222. The lowest BCUT2D eigenvalue weighted by molar-refractivity contribution is 0.206. The summed E-state index contributed by atoms with van der Waals surface area (Å²) < 4.78 is 0. The van der Waals surface area contributed by atoms with Gasteiger partial charge in [0.1, 0.15) is 6.17 Å². The van der Waals surface area contributed by atoms with E-state index in [0.29, 0.717) is 0 Å². The van der Waals surface area contributed by atoms with Crippen molar-refractivity contribution >= 4 is 28.3 Å². The van der Waals surface area contributed by atoms with E-state index in [1.165, 1.54) is 5.56 Å². The van der Waals surface area contributed by atoms with Gasteiger partial charge in [-0.3, -0.25) is 5.10 Å². The first kappa shape index (κ1) is 14.6. The minimum Gasteiger partial charge on any atom is -0.365 e. The average Bonchev–Trinajstić information content (AvgIpc) is 3.10. The Morgan fingerprint density at radius 3 is 3.04 bits per heavy atom. The minimum atomic E-state index is -0.138. The average molecular weight is 321 g/mol. The van der Waals surface area contributed by atoms with Crippen LogP contribution in [0.2, 0.25) is 0 Å². The Hall–Kier alpha value is -3.02. The van der Waals surface area contributed by atoms with E-state index < -0.39 is 0 Å². The summed E-state index contributed by atoms with van der Waals surface area (Å²) in [5.74, 6) is 0. The minimum absolute atomic E-state index is 0.0246. The van der Waals surface area contributed by atoms with E-state index in [9.17, 15) is 4.79 Å². The number of hydrogen-bond acceptors (Lipinski definition) is 3. The van der Waals surface area contributed by atoms with Crippen LogP contribution in [0.1, 0.15) is 12.0 Å². The van der Waals surface area contributed by atoms with Crippen LogP contribution >= 0.6 is 0 Å². The second kappa shape index (κ2) is 5.88. The Bertz CT molecular complexity index is 888. The molecule has 0 aliphatic carbocycles. The number of H-pyrrole nitrogens is 1. The number of nitrogens with one attached hydrogen (secondary N) is 3. The monoisotopic (exact) mass is 321 g/mol. The quantitative estimate of drug-likeness (QED) is 0.677. The van der Waals surface area contributed by atoms with Gasteiger partial charge in [0.05, 0.1) is 17.4 Å². The van der Waals surface area contributed by atoms with E-state index in [4.69, 9.17) is 0 Å². The van der Waals surface area contributed by atoms with E-state index in [2.05, 4.69) is 33.0 Å². The van der Waals surface area contributed by atoms with Gasteiger partial charge >= 0.3 is 6.03 Å². The maximum Gasteiger partial charge on any atom is 0.323 e. The number of benzene rings is 2. The highest BCUT2D eigenvalue weighted by Gasteiger charge is 2.24. The predicted molar refractivity (Wildman–Crippen MR) is 95.0 cm³/mol. The van der Waals surface area contributed by atoms with Gasteiger partial charge in [0, 0.05) is 18.1 Å². The molecule has 2 heterocycles. The molecule has 0 bridgehead atoms. The van der Waals surface area contributed by atoms with Gasteiger partial charge in [-0.2, -0.15) is 5.10 Å². The molecule has 1 aliphatic heterocycles. The molecule has 2 amide bonds. The largest absolute Gasteiger partial charge is 0.365 e. The Morgan fingerprint density at radius 1 is 1.25 bits per heavy atom. The zero-order chi connectivity index (χ0) is 16.5. The normalized spacial score (nSPS) is 16.3. The topological polar surface area (TPSA) is 73.0 Å². The summed E-state index contributed by atoms with van der Waals surface area (Å²) in [4.78, 5) is 14.4. The molecule has 6 nitrogen and oxygen atoms in total. The van der Waals surface area contributed by atoms with E-state index in [1.54, 1.807) is 11.1 Å². The lowest BCUT2D eigenvalue weighted by Crippen LogP contribution is -2.46. The summed E-state index contributed by atoms with van der Waals surface area (Å²) in [5.41, 5.74) is 4.06. The van der Waals surface area contributed by atoms with Crippen LogP contribution in [0, 0.1) is 0 Å². The Morgan fingerprint density at radius 2 is 2.12 bits per heavy atom. The van der Waals surface area contributed by atoms with Crippen LogP contribution in [-0.2, 0) is 6.42 Å². The van der Waals surface area contributed by atoms with Crippen molar-refractivity contribution in [2.75, 3.05) is 17.7 Å². The number of aromatic nitrogens is 2. The molecule has 3 N–H and O–H groups in total. The van der Waals surface area contributed by atoms with Crippen molar-refractivity contribution in [2.24, 2.45) is 0 Å². The van der Waals surface area contributed by atoms with Crippen LogP contribution in [0.3, 0.4) is 0 Å². The number of carbonyl (C=O) groups is 1. The Kier molecular flexibility index (Phi) is 3.57. The number of nitrogens with zero attached hydrogens (tertiary/aromatic N) is 2. The van der Waals surface area contributed by atoms with E-state index in [0.717, 1.165) is 35.1 Å². The Balaban J connectivity index is 1.50. The third-order valence-electron chi connectivity index (χ3n) is 4.54. The first-order valence-electron chi connectivity index (χ1n) is 8.03. The number of anilines is 2. The molecular formula is C18H19N5O. The van der Waals surface area contributed by atoms with E-state index in [-0.39, 0.29) is 12.2 Å². The van der Waals surface area contributed by atoms with Crippen molar-refractivity contribution in [3.63, 3.8) is 0 Å². The van der Waals surface area contributed by atoms with Crippen LogP contribution in [0.25, 0.3) is 10.9 Å². The second-order valence-corrected chi connectivity index (χ2v) is 6.03. The number of hydrogen-bond donors (Lipinski definition) is 3. The van der Waals surface area contributed by atoms with Gasteiger partial charge < -0.3 is 15.5 Å². The summed E-state index contributed by atoms with van der Waals surface area (Å²) >= 11 is 0. The fourth-order valence-electron chi connectivity index (χ4n) is 3.14. The number of urea groups is 1.